The zero-order valence-electron chi connectivity index (χ0n) is 24.0. The molecule has 0 N–H and O–H groups in total. The zero-order chi connectivity index (χ0) is 29.3. The Morgan fingerprint density at radius 2 is 0.818 bits per heavy atom. The van der Waals surface area contributed by atoms with E-state index >= 15 is 0 Å². The number of fused-ring (bicyclic) bond motifs is 3. The molecule has 0 aliphatic rings. The molecular weight excluding hydrogens is 536 g/mol. The molecule has 0 fully saturated rings. The van der Waals surface area contributed by atoms with Gasteiger partial charge in [-0.05, 0) is 69.8 Å². The van der Waals surface area contributed by atoms with Crippen LogP contribution in [0.4, 0.5) is 17.2 Å². The molecule has 0 aliphatic carbocycles. The molecule has 0 amide bonds. The number of nitrogens with zero attached hydrogens (tertiary/aromatic N) is 2. The van der Waals surface area contributed by atoms with Crippen LogP contribution in [0.25, 0.3) is 55.3 Å². The molecule has 2 aromatic heterocycles. The minimum atomic E-state index is 0.781. The van der Waals surface area contributed by atoms with Gasteiger partial charge in [-0.2, -0.15) is 0 Å². The summed E-state index contributed by atoms with van der Waals surface area (Å²) in [6.07, 6.45) is 1.83. The lowest BCUT2D eigenvalue weighted by molar-refractivity contribution is 0.667. The molecule has 208 valence electrons. The van der Waals surface area contributed by atoms with E-state index in [9.17, 15) is 0 Å². The number of pyridine rings is 1. The van der Waals surface area contributed by atoms with Gasteiger partial charge in [0.2, 0.25) is 0 Å². The summed E-state index contributed by atoms with van der Waals surface area (Å²) in [5.41, 5.74) is 10.8. The Balaban J connectivity index is 1.18. The molecule has 0 aliphatic heterocycles. The molecule has 0 spiro atoms. The van der Waals surface area contributed by atoms with E-state index in [0.717, 1.165) is 44.7 Å². The van der Waals surface area contributed by atoms with Gasteiger partial charge < -0.3 is 4.42 Å². The van der Waals surface area contributed by atoms with Crippen molar-refractivity contribution in [2.45, 2.75) is 0 Å². The number of hydrogen-bond donors (Lipinski definition) is 0. The monoisotopic (exact) mass is 564 g/mol. The van der Waals surface area contributed by atoms with Gasteiger partial charge in [-0.25, -0.2) is 4.98 Å². The highest BCUT2D eigenvalue weighted by atomic mass is 16.3. The minimum Gasteiger partial charge on any atom is -0.454 e. The summed E-state index contributed by atoms with van der Waals surface area (Å²) in [5, 5.41) is 2.13. The summed E-state index contributed by atoms with van der Waals surface area (Å²) in [7, 11) is 0. The van der Waals surface area contributed by atoms with Gasteiger partial charge in [-0.15, -0.1) is 0 Å². The molecule has 8 aromatic rings. The number of hydrogen-bond acceptors (Lipinski definition) is 3. The maximum Gasteiger partial charge on any atom is 0.153 e. The van der Waals surface area contributed by atoms with E-state index in [1.165, 1.54) is 27.8 Å². The van der Waals surface area contributed by atoms with Crippen molar-refractivity contribution in [2.75, 3.05) is 4.90 Å². The van der Waals surface area contributed by atoms with Gasteiger partial charge in [0.05, 0.1) is 6.20 Å². The lowest BCUT2D eigenvalue weighted by Gasteiger charge is -2.25. The molecule has 2 heterocycles. The fourth-order valence-electron chi connectivity index (χ4n) is 5.88. The molecule has 0 atom stereocenters. The molecular formula is C41H28N2O. The van der Waals surface area contributed by atoms with Gasteiger partial charge in [0.1, 0.15) is 11.4 Å². The lowest BCUT2D eigenvalue weighted by Crippen LogP contribution is -2.11. The first-order valence-electron chi connectivity index (χ1n) is 14.8. The van der Waals surface area contributed by atoms with Crippen molar-refractivity contribution in [1.82, 2.24) is 4.98 Å². The largest absolute Gasteiger partial charge is 0.454 e. The van der Waals surface area contributed by atoms with Crippen molar-refractivity contribution in [2.24, 2.45) is 0 Å². The van der Waals surface area contributed by atoms with Crippen LogP contribution in [0.3, 0.4) is 0 Å². The smallest absolute Gasteiger partial charge is 0.153 e. The first-order chi connectivity index (χ1) is 21.8. The van der Waals surface area contributed by atoms with Gasteiger partial charge in [-0.3, -0.25) is 4.90 Å². The predicted molar refractivity (Wildman–Crippen MR) is 183 cm³/mol. The number of para-hydroxylation sites is 1. The molecule has 8 rings (SSSR count). The summed E-state index contributed by atoms with van der Waals surface area (Å²) < 4.78 is 6.08. The van der Waals surface area contributed by atoms with Crippen molar-refractivity contribution >= 4 is 39.1 Å². The number of furan rings is 1. The molecule has 0 saturated carbocycles. The molecule has 0 saturated heterocycles. The van der Waals surface area contributed by atoms with Crippen LogP contribution >= 0.6 is 0 Å². The van der Waals surface area contributed by atoms with Gasteiger partial charge in [-0.1, -0.05) is 127 Å². The van der Waals surface area contributed by atoms with E-state index in [0.29, 0.717) is 0 Å². The Bertz CT molecular complexity index is 2180. The summed E-state index contributed by atoms with van der Waals surface area (Å²) in [4.78, 5) is 7.09. The highest BCUT2D eigenvalue weighted by Crippen LogP contribution is 2.38. The quantitative estimate of drug-likeness (QED) is 0.201. The molecule has 3 heteroatoms. The third-order valence-corrected chi connectivity index (χ3v) is 8.16. The van der Waals surface area contributed by atoms with E-state index in [1.807, 2.05) is 36.5 Å². The molecule has 44 heavy (non-hydrogen) atoms. The Morgan fingerprint density at radius 3 is 1.34 bits per heavy atom. The van der Waals surface area contributed by atoms with Crippen LogP contribution in [0.2, 0.25) is 0 Å². The SMILES string of the molecule is c1ccc(-c2ccc(-c3ccc(N(c4ccc(-c5ccccc5)cc4)c4cc5c(cn4)oc4ccccc45)cc3)cc2)cc1. The first kappa shape index (κ1) is 25.8. The third-order valence-electron chi connectivity index (χ3n) is 8.16. The number of anilines is 3. The number of rotatable bonds is 6. The van der Waals surface area contributed by atoms with Gasteiger partial charge in [0.25, 0.3) is 0 Å². The van der Waals surface area contributed by atoms with Gasteiger partial charge >= 0.3 is 0 Å². The molecule has 0 bridgehead atoms. The van der Waals surface area contributed by atoms with Crippen molar-refractivity contribution < 1.29 is 4.42 Å². The van der Waals surface area contributed by atoms with E-state index in [1.54, 1.807) is 0 Å². The maximum absolute atomic E-state index is 6.08. The van der Waals surface area contributed by atoms with E-state index in [2.05, 4.69) is 138 Å². The van der Waals surface area contributed by atoms with Crippen LogP contribution in [0.1, 0.15) is 0 Å². The topological polar surface area (TPSA) is 29.3 Å². The zero-order valence-corrected chi connectivity index (χ0v) is 24.0. The highest BCUT2D eigenvalue weighted by molar-refractivity contribution is 6.05. The molecule has 0 unspecified atom stereocenters. The standard InChI is InChI=1S/C41H28N2O/c1-3-9-29(10-4-1)31-15-17-32(18-16-31)34-21-25-36(26-22-34)43(35-23-19-33(20-24-35)30-11-5-2-6-12-30)41-27-38-37-13-7-8-14-39(37)44-40(38)28-42-41/h1-28H. The van der Waals surface area contributed by atoms with Crippen LogP contribution in [0, 0.1) is 0 Å². The van der Waals surface area contributed by atoms with Crippen molar-refractivity contribution in [3.8, 4) is 33.4 Å². The Labute approximate surface area is 256 Å². The summed E-state index contributed by atoms with van der Waals surface area (Å²) in [6.45, 7) is 0. The average molecular weight is 565 g/mol. The normalized spacial score (nSPS) is 11.2. The lowest BCUT2D eigenvalue weighted by atomic mass is 10.00. The van der Waals surface area contributed by atoms with Crippen LogP contribution in [-0.4, -0.2) is 4.98 Å². The second-order valence-corrected chi connectivity index (χ2v) is 10.9. The predicted octanol–water partition coefficient (Wildman–Crippen LogP) is 11.5. The van der Waals surface area contributed by atoms with Crippen LogP contribution in [0.5, 0.6) is 0 Å². The van der Waals surface area contributed by atoms with Crippen LogP contribution in [-0.2, 0) is 0 Å². The summed E-state index contributed by atoms with van der Waals surface area (Å²) >= 11 is 0. The van der Waals surface area contributed by atoms with Crippen LogP contribution in [0.15, 0.2) is 174 Å². The van der Waals surface area contributed by atoms with Gasteiger partial charge in [0, 0.05) is 22.1 Å². The second-order valence-electron chi connectivity index (χ2n) is 10.9. The van der Waals surface area contributed by atoms with Crippen molar-refractivity contribution in [3.05, 3.63) is 170 Å². The third kappa shape index (κ3) is 4.81. The Kier molecular flexibility index (Phi) is 6.47. The number of aromatic nitrogens is 1. The van der Waals surface area contributed by atoms with Gasteiger partial charge in [0.15, 0.2) is 5.58 Å². The van der Waals surface area contributed by atoms with Crippen molar-refractivity contribution in [1.29, 1.82) is 0 Å². The van der Waals surface area contributed by atoms with E-state index in [-0.39, 0.29) is 0 Å². The maximum atomic E-state index is 6.08. The average Bonchev–Trinajstić information content (AvgIpc) is 3.48. The van der Waals surface area contributed by atoms with Crippen molar-refractivity contribution in [3.63, 3.8) is 0 Å². The molecule has 3 nitrogen and oxygen atoms in total. The highest BCUT2D eigenvalue weighted by Gasteiger charge is 2.17. The molecule has 0 radical (unpaired) electrons. The summed E-state index contributed by atoms with van der Waals surface area (Å²) in [6, 6.07) is 57.3. The number of benzene rings is 6. The Morgan fingerprint density at radius 1 is 0.386 bits per heavy atom. The fraction of sp³-hybridized carbons (Fsp3) is 0. The fourth-order valence-corrected chi connectivity index (χ4v) is 5.88. The van der Waals surface area contributed by atoms with E-state index in [4.69, 9.17) is 9.40 Å². The van der Waals surface area contributed by atoms with E-state index < -0.39 is 0 Å². The second kappa shape index (κ2) is 11.0. The van der Waals surface area contributed by atoms with Crippen LogP contribution < -0.4 is 4.90 Å². The first-order valence-corrected chi connectivity index (χ1v) is 14.8. The Hall–Kier alpha value is -5.93. The minimum absolute atomic E-state index is 0.781. The molecule has 6 aromatic carbocycles. The summed E-state index contributed by atoms with van der Waals surface area (Å²) in [5.74, 6) is 0.830.